The van der Waals surface area contributed by atoms with Gasteiger partial charge in [-0.1, -0.05) is 20.8 Å². The minimum atomic E-state index is -0.413. The molecule has 0 radical (unpaired) electrons. The van der Waals surface area contributed by atoms with Crippen LogP contribution in [-0.4, -0.2) is 29.5 Å². The van der Waals surface area contributed by atoms with Crippen molar-refractivity contribution >= 4 is 17.7 Å². The van der Waals surface area contributed by atoms with Crippen molar-refractivity contribution in [3.05, 3.63) is 0 Å². The molecule has 0 aliphatic carbocycles. The van der Waals surface area contributed by atoms with E-state index in [1.165, 1.54) is 18.6 Å². The highest BCUT2D eigenvalue weighted by atomic mass is 32.2. The van der Waals surface area contributed by atoms with E-state index in [0.717, 1.165) is 6.54 Å². The molecule has 1 heterocycles. The van der Waals surface area contributed by atoms with Gasteiger partial charge in [0, 0.05) is 11.8 Å². The van der Waals surface area contributed by atoms with Gasteiger partial charge in [-0.15, -0.1) is 0 Å². The largest absolute Gasteiger partial charge is 0.354 e. The molecule has 1 rings (SSSR count). The molecule has 15 heavy (non-hydrogen) atoms. The van der Waals surface area contributed by atoms with Gasteiger partial charge in [0.1, 0.15) is 0 Å². The second kappa shape index (κ2) is 5.21. The van der Waals surface area contributed by atoms with E-state index in [9.17, 15) is 4.79 Å². The highest BCUT2D eigenvalue weighted by Gasteiger charge is 2.27. The Morgan fingerprint density at radius 3 is 2.73 bits per heavy atom. The van der Waals surface area contributed by atoms with E-state index in [0.29, 0.717) is 5.25 Å². The summed E-state index contributed by atoms with van der Waals surface area (Å²) in [5.74, 6) is 1.21. The van der Waals surface area contributed by atoms with Gasteiger partial charge in [-0.3, -0.25) is 4.79 Å². The molecule has 1 amide bonds. The maximum absolute atomic E-state index is 11.7. The Morgan fingerprint density at radius 1 is 1.60 bits per heavy atom. The first-order valence-electron chi connectivity index (χ1n) is 5.56. The molecule has 88 valence electrons. The summed E-state index contributed by atoms with van der Waals surface area (Å²) in [6.45, 7) is 6.73. The zero-order valence-electron chi connectivity index (χ0n) is 9.88. The lowest BCUT2D eigenvalue weighted by atomic mass is 9.87. The molecular formula is C11H22N2OS. The van der Waals surface area contributed by atoms with Gasteiger partial charge in [-0.25, -0.2) is 0 Å². The second-order valence-corrected chi connectivity index (χ2v) is 6.63. The minimum Gasteiger partial charge on any atom is -0.354 e. The molecule has 4 heteroatoms. The number of hydrogen-bond donors (Lipinski definition) is 2. The Labute approximate surface area is 96.6 Å². The summed E-state index contributed by atoms with van der Waals surface area (Å²) in [7, 11) is 0. The molecule has 1 fully saturated rings. The Balaban J connectivity index is 2.29. The van der Waals surface area contributed by atoms with Crippen molar-refractivity contribution in [3.63, 3.8) is 0 Å². The summed E-state index contributed by atoms with van der Waals surface area (Å²) in [5, 5.41) is 3.54. The van der Waals surface area contributed by atoms with E-state index in [4.69, 9.17) is 5.73 Å². The van der Waals surface area contributed by atoms with Crippen molar-refractivity contribution in [1.82, 2.24) is 5.32 Å². The Bertz CT molecular complexity index is 219. The molecule has 1 saturated heterocycles. The maximum Gasteiger partial charge on any atom is 0.237 e. The van der Waals surface area contributed by atoms with Crippen LogP contribution in [0.15, 0.2) is 0 Å². The standard InChI is InChI=1S/C11H22N2OS/c1-11(2,3)9(12)10(14)13-7-8-5-4-6-15-8/h8-9H,4-7,12H2,1-3H3,(H,13,14). The fourth-order valence-corrected chi connectivity index (χ4v) is 2.72. The molecule has 2 unspecified atom stereocenters. The third kappa shape index (κ3) is 4.03. The van der Waals surface area contributed by atoms with Gasteiger partial charge in [0.25, 0.3) is 0 Å². The third-order valence-corrected chi connectivity index (χ3v) is 4.14. The number of hydrogen-bond acceptors (Lipinski definition) is 3. The molecule has 0 bridgehead atoms. The number of amides is 1. The van der Waals surface area contributed by atoms with Crippen LogP contribution in [0.25, 0.3) is 0 Å². The van der Waals surface area contributed by atoms with Crippen LogP contribution >= 0.6 is 11.8 Å². The lowest BCUT2D eigenvalue weighted by Gasteiger charge is -2.26. The summed E-state index contributed by atoms with van der Waals surface area (Å²) in [5.41, 5.74) is 5.70. The molecule has 2 atom stereocenters. The number of carbonyl (C=O) groups is 1. The number of nitrogens with two attached hydrogens (primary N) is 1. The van der Waals surface area contributed by atoms with Crippen LogP contribution in [0, 0.1) is 5.41 Å². The van der Waals surface area contributed by atoms with Crippen molar-refractivity contribution in [1.29, 1.82) is 0 Å². The molecule has 0 spiro atoms. The summed E-state index contributed by atoms with van der Waals surface area (Å²) >= 11 is 1.95. The lowest BCUT2D eigenvalue weighted by Crippen LogP contribution is -2.49. The Hall–Kier alpha value is -0.220. The fourth-order valence-electron chi connectivity index (χ4n) is 1.52. The van der Waals surface area contributed by atoms with Crippen molar-refractivity contribution in [2.24, 2.45) is 11.1 Å². The van der Waals surface area contributed by atoms with E-state index >= 15 is 0 Å². The molecule has 0 saturated carbocycles. The number of rotatable bonds is 3. The van der Waals surface area contributed by atoms with Gasteiger partial charge in [0.2, 0.25) is 5.91 Å². The fraction of sp³-hybridized carbons (Fsp3) is 0.909. The molecule has 1 aliphatic heterocycles. The average Bonchev–Trinajstić information content (AvgIpc) is 2.63. The average molecular weight is 230 g/mol. The summed E-state index contributed by atoms with van der Waals surface area (Å²) in [6.07, 6.45) is 2.49. The summed E-state index contributed by atoms with van der Waals surface area (Å²) in [4.78, 5) is 11.7. The topological polar surface area (TPSA) is 55.1 Å². The quantitative estimate of drug-likeness (QED) is 0.770. The smallest absolute Gasteiger partial charge is 0.237 e. The van der Waals surface area contributed by atoms with Crippen LogP contribution < -0.4 is 11.1 Å². The van der Waals surface area contributed by atoms with Crippen LogP contribution in [0.1, 0.15) is 33.6 Å². The van der Waals surface area contributed by atoms with Crippen molar-refractivity contribution in [2.75, 3.05) is 12.3 Å². The van der Waals surface area contributed by atoms with Gasteiger partial charge in [-0.05, 0) is 24.0 Å². The van der Waals surface area contributed by atoms with Gasteiger partial charge in [-0.2, -0.15) is 11.8 Å². The number of nitrogens with one attached hydrogen (secondary N) is 1. The van der Waals surface area contributed by atoms with Crippen LogP contribution in [0.5, 0.6) is 0 Å². The van der Waals surface area contributed by atoms with Crippen LogP contribution in [-0.2, 0) is 4.79 Å². The van der Waals surface area contributed by atoms with Crippen LogP contribution in [0.3, 0.4) is 0 Å². The maximum atomic E-state index is 11.7. The Kier molecular flexibility index (Phi) is 4.46. The monoisotopic (exact) mass is 230 g/mol. The van der Waals surface area contributed by atoms with E-state index in [-0.39, 0.29) is 11.3 Å². The van der Waals surface area contributed by atoms with E-state index in [2.05, 4.69) is 5.32 Å². The van der Waals surface area contributed by atoms with Crippen molar-refractivity contribution < 1.29 is 4.79 Å². The SMILES string of the molecule is CC(C)(C)C(N)C(=O)NCC1CCCS1. The van der Waals surface area contributed by atoms with Crippen molar-refractivity contribution in [3.8, 4) is 0 Å². The summed E-state index contributed by atoms with van der Waals surface area (Å²) in [6, 6.07) is -0.413. The molecule has 0 aromatic carbocycles. The van der Waals surface area contributed by atoms with Gasteiger partial charge in [0.15, 0.2) is 0 Å². The predicted octanol–water partition coefficient (Wildman–Crippen LogP) is 1.37. The highest BCUT2D eigenvalue weighted by molar-refractivity contribution is 8.00. The first-order chi connectivity index (χ1) is 6.91. The number of thioether (sulfide) groups is 1. The molecule has 3 N–H and O–H groups in total. The predicted molar refractivity (Wildman–Crippen MR) is 65.9 cm³/mol. The lowest BCUT2D eigenvalue weighted by molar-refractivity contribution is -0.124. The second-order valence-electron chi connectivity index (χ2n) is 5.22. The molecule has 0 aromatic rings. The Morgan fingerprint density at radius 2 is 2.27 bits per heavy atom. The zero-order chi connectivity index (χ0) is 11.5. The van der Waals surface area contributed by atoms with E-state index in [1.54, 1.807) is 0 Å². The van der Waals surface area contributed by atoms with Crippen LogP contribution in [0.4, 0.5) is 0 Å². The normalized spacial score (nSPS) is 23.9. The van der Waals surface area contributed by atoms with E-state index < -0.39 is 6.04 Å². The first-order valence-corrected chi connectivity index (χ1v) is 6.61. The molecular weight excluding hydrogens is 208 g/mol. The zero-order valence-corrected chi connectivity index (χ0v) is 10.7. The van der Waals surface area contributed by atoms with Gasteiger partial charge in [0.05, 0.1) is 6.04 Å². The number of carbonyl (C=O) groups excluding carboxylic acids is 1. The molecule has 0 aromatic heterocycles. The highest BCUT2D eigenvalue weighted by Crippen LogP contribution is 2.25. The van der Waals surface area contributed by atoms with Crippen LogP contribution in [0.2, 0.25) is 0 Å². The van der Waals surface area contributed by atoms with Crippen molar-refractivity contribution in [2.45, 2.75) is 44.9 Å². The van der Waals surface area contributed by atoms with Gasteiger partial charge < -0.3 is 11.1 Å². The molecule has 3 nitrogen and oxygen atoms in total. The van der Waals surface area contributed by atoms with E-state index in [1.807, 2.05) is 32.5 Å². The molecule has 1 aliphatic rings. The first kappa shape index (κ1) is 12.8. The van der Waals surface area contributed by atoms with Gasteiger partial charge >= 0.3 is 0 Å². The summed E-state index contributed by atoms with van der Waals surface area (Å²) < 4.78 is 0. The third-order valence-electron chi connectivity index (χ3n) is 2.74. The minimum absolute atomic E-state index is 0.0185.